The molecule has 0 aliphatic heterocycles. The maximum absolute atomic E-state index is 12.9. The molecule has 2 aromatic carbocycles. The molecule has 7 heteroatoms. The van der Waals surface area contributed by atoms with Crippen molar-refractivity contribution in [2.75, 3.05) is 14.1 Å². The van der Waals surface area contributed by atoms with E-state index in [1.165, 1.54) is 12.1 Å². The number of hydrogen-bond donors (Lipinski definition) is 0. The first kappa shape index (κ1) is 20.4. The predicted molar refractivity (Wildman–Crippen MR) is 109 cm³/mol. The topological polar surface area (TPSA) is 33.4 Å². The highest BCUT2D eigenvalue weighted by molar-refractivity contribution is 6.08. The lowest BCUT2D eigenvalue weighted by Gasteiger charge is -2.09. The fraction of sp³-hybridized carbons (Fsp3) is 0.182. The van der Waals surface area contributed by atoms with Gasteiger partial charge in [0, 0.05) is 31.4 Å². The molecule has 1 heterocycles. The summed E-state index contributed by atoms with van der Waals surface area (Å²) in [6, 6.07) is 14.7. The molecule has 29 heavy (non-hydrogen) atoms. The second-order valence-corrected chi connectivity index (χ2v) is 6.72. The molecule has 0 saturated heterocycles. The Labute approximate surface area is 167 Å². The molecule has 3 aromatic rings. The summed E-state index contributed by atoms with van der Waals surface area (Å²) in [4.78, 5) is 6.37. The molecule has 0 amide bonds. The minimum Gasteiger partial charge on any atom is -0.383 e. The maximum atomic E-state index is 12.9. The fourth-order valence-electron chi connectivity index (χ4n) is 2.67. The predicted octanol–water partition coefficient (Wildman–Crippen LogP) is 5.21. The van der Waals surface area contributed by atoms with Crippen molar-refractivity contribution in [3.05, 3.63) is 90.0 Å². The monoisotopic (exact) mass is 398 g/mol. The van der Waals surface area contributed by atoms with E-state index in [4.69, 9.17) is 0 Å². The minimum atomic E-state index is -4.37. The molecule has 0 unspecified atom stereocenters. The molecule has 0 N–H and O–H groups in total. The third-order valence-corrected chi connectivity index (χ3v) is 4.18. The summed E-state index contributed by atoms with van der Waals surface area (Å²) in [5.74, 6) is 0.673. The normalized spacial score (nSPS) is 12.6. The number of imidazole rings is 1. The van der Waals surface area contributed by atoms with Crippen LogP contribution in [0.2, 0.25) is 0 Å². The number of allylic oxidation sites excluding steroid dienone is 1. The van der Waals surface area contributed by atoms with Crippen molar-refractivity contribution < 1.29 is 13.2 Å². The summed E-state index contributed by atoms with van der Waals surface area (Å²) in [5.41, 5.74) is 2.14. The van der Waals surface area contributed by atoms with Crippen LogP contribution in [0.1, 0.15) is 17.0 Å². The largest absolute Gasteiger partial charge is 0.416 e. The molecule has 0 aliphatic carbocycles. The minimum absolute atomic E-state index is 0.521. The molecule has 0 radical (unpaired) electrons. The zero-order chi connectivity index (χ0) is 21.0. The molecule has 150 valence electrons. The first-order valence-electron chi connectivity index (χ1n) is 8.96. The Hall–Kier alpha value is -3.35. The highest BCUT2D eigenvalue weighted by Gasteiger charge is 2.30. The van der Waals surface area contributed by atoms with Crippen LogP contribution in [0.15, 0.2) is 78.2 Å². The summed E-state index contributed by atoms with van der Waals surface area (Å²) in [7, 11) is 3.72. The van der Waals surface area contributed by atoms with Crippen LogP contribution in [0.4, 0.5) is 13.2 Å². The van der Waals surface area contributed by atoms with E-state index in [0.717, 1.165) is 23.4 Å². The Balaban J connectivity index is 2.01. The van der Waals surface area contributed by atoms with Gasteiger partial charge < -0.3 is 4.90 Å². The highest BCUT2D eigenvalue weighted by atomic mass is 19.4. The Morgan fingerprint density at radius 2 is 1.69 bits per heavy atom. The van der Waals surface area contributed by atoms with Crippen LogP contribution in [0.3, 0.4) is 0 Å². The van der Waals surface area contributed by atoms with Gasteiger partial charge in [0.1, 0.15) is 5.82 Å². The standard InChI is InChI=1S/C22H21F3N4/c1-16-26-21(17-7-5-4-6-8-17)15-29(16)27-20(13-14-28(2)3)18-9-11-19(12-10-18)22(23,24)25/h4-15H,1-3H3/b14-13+,27-20+. The van der Waals surface area contributed by atoms with Crippen LogP contribution in [0.5, 0.6) is 0 Å². The quantitative estimate of drug-likeness (QED) is 0.553. The SMILES string of the molecule is Cc1nc(-c2ccccc2)cn1/N=C(\C=C\N(C)C)c1ccc(C(F)(F)F)cc1. The molecule has 0 aliphatic rings. The van der Waals surface area contributed by atoms with Gasteiger partial charge in [-0.15, -0.1) is 0 Å². The van der Waals surface area contributed by atoms with Crippen LogP contribution in [0, 0.1) is 6.92 Å². The van der Waals surface area contributed by atoms with Crippen molar-refractivity contribution in [2.24, 2.45) is 5.10 Å². The summed E-state index contributed by atoms with van der Waals surface area (Å²) in [6.07, 6.45) is 0.976. The Kier molecular flexibility index (Phi) is 5.87. The van der Waals surface area contributed by atoms with Crippen LogP contribution >= 0.6 is 0 Å². The van der Waals surface area contributed by atoms with Gasteiger partial charge in [-0.1, -0.05) is 42.5 Å². The fourth-order valence-corrected chi connectivity index (χ4v) is 2.67. The summed E-state index contributed by atoms with van der Waals surface area (Å²) >= 11 is 0. The lowest BCUT2D eigenvalue weighted by molar-refractivity contribution is -0.137. The maximum Gasteiger partial charge on any atom is 0.416 e. The zero-order valence-corrected chi connectivity index (χ0v) is 16.4. The lowest BCUT2D eigenvalue weighted by atomic mass is 10.1. The Morgan fingerprint density at radius 3 is 2.28 bits per heavy atom. The van der Waals surface area contributed by atoms with E-state index in [0.29, 0.717) is 17.1 Å². The van der Waals surface area contributed by atoms with Gasteiger partial charge in [-0.2, -0.15) is 18.3 Å². The van der Waals surface area contributed by atoms with Crippen molar-refractivity contribution in [3.63, 3.8) is 0 Å². The van der Waals surface area contributed by atoms with E-state index in [2.05, 4.69) is 10.1 Å². The molecule has 4 nitrogen and oxygen atoms in total. The summed E-state index contributed by atoms with van der Waals surface area (Å²) < 4.78 is 40.3. The molecule has 1 aromatic heterocycles. The third-order valence-electron chi connectivity index (χ3n) is 4.18. The number of hydrogen-bond acceptors (Lipinski definition) is 3. The molecule has 0 bridgehead atoms. The van der Waals surface area contributed by atoms with Crippen molar-refractivity contribution in [1.29, 1.82) is 0 Å². The van der Waals surface area contributed by atoms with Gasteiger partial charge in [-0.25, -0.2) is 9.66 Å². The molecular weight excluding hydrogens is 377 g/mol. The molecule has 0 saturated carbocycles. The van der Waals surface area contributed by atoms with Crippen molar-refractivity contribution in [1.82, 2.24) is 14.6 Å². The number of rotatable bonds is 5. The summed E-state index contributed by atoms with van der Waals surface area (Å²) in [5, 5.41) is 4.61. The van der Waals surface area contributed by atoms with Gasteiger partial charge in [0.2, 0.25) is 0 Å². The van der Waals surface area contributed by atoms with Crippen LogP contribution in [-0.2, 0) is 6.18 Å². The Morgan fingerprint density at radius 1 is 1.03 bits per heavy atom. The first-order chi connectivity index (χ1) is 13.7. The van der Waals surface area contributed by atoms with Crippen LogP contribution < -0.4 is 0 Å². The number of nitrogens with zero attached hydrogens (tertiary/aromatic N) is 4. The average molecular weight is 398 g/mol. The number of aryl methyl sites for hydroxylation is 1. The summed E-state index contributed by atoms with van der Waals surface area (Å²) in [6.45, 7) is 1.83. The molecule has 0 atom stereocenters. The van der Waals surface area contributed by atoms with E-state index in [1.807, 2.05) is 56.3 Å². The number of aromatic nitrogens is 2. The van der Waals surface area contributed by atoms with E-state index in [-0.39, 0.29) is 0 Å². The van der Waals surface area contributed by atoms with E-state index >= 15 is 0 Å². The van der Waals surface area contributed by atoms with Gasteiger partial charge in [0.25, 0.3) is 0 Å². The number of alkyl halides is 3. The van der Waals surface area contributed by atoms with Crippen LogP contribution in [0.25, 0.3) is 11.3 Å². The first-order valence-corrected chi connectivity index (χ1v) is 8.96. The van der Waals surface area contributed by atoms with Crippen molar-refractivity contribution in [3.8, 4) is 11.3 Å². The number of halogens is 3. The van der Waals surface area contributed by atoms with Crippen molar-refractivity contribution >= 4 is 5.71 Å². The Bertz CT molecular complexity index is 1010. The van der Waals surface area contributed by atoms with Gasteiger partial charge in [0.15, 0.2) is 0 Å². The highest BCUT2D eigenvalue weighted by Crippen LogP contribution is 2.29. The van der Waals surface area contributed by atoms with Gasteiger partial charge in [-0.05, 0) is 25.1 Å². The van der Waals surface area contributed by atoms with E-state index < -0.39 is 11.7 Å². The zero-order valence-electron chi connectivity index (χ0n) is 16.4. The number of benzene rings is 2. The molecule has 3 rings (SSSR count). The van der Waals surface area contributed by atoms with E-state index in [9.17, 15) is 13.2 Å². The lowest BCUT2D eigenvalue weighted by Crippen LogP contribution is -2.08. The van der Waals surface area contributed by atoms with Crippen LogP contribution in [-0.4, -0.2) is 34.4 Å². The molecule has 0 spiro atoms. The van der Waals surface area contributed by atoms with Gasteiger partial charge >= 0.3 is 6.18 Å². The third kappa shape index (κ3) is 5.13. The second kappa shape index (κ2) is 8.34. The van der Waals surface area contributed by atoms with Gasteiger partial charge in [0.05, 0.1) is 23.2 Å². The van der Waals surface area contributed by atoms with E-state index in [1.54, 1.807) is 23.1 Å². The smallest absolute Gasteiger partial charge is 0.383 e. The molecule has 0 fully saturated rings. The van der Waals surface area contributed by atoms with Crippen molar-refractivity contribution in [2.45, 2.75) is 13.1 Å². The van der Waals surface area contributed by atoms with Gasteiger partial charge in [-0.3, -0.25) is 0 Å². The average Bonchev–Trinajstić information content (AvgIpc) is 3.05. The molecular formula is C22H21F3N4. The second-order valence-electron chi connectivity index (χ2n) is 6.72.